The molecule has 60 valence electrons. The Morgan fingerprint density at radius 3 is 2.45 bits per heavy atom. The van der Waals surface area contributed by atoms with E-state index in [0.29, 0.717) is 10.8 Å². The minimum absolute atomic E-state index is 0.332. The molecule has 0 saturated heterocycles. The second-order valence-electron chi connectivity index (χ2n) is 2.72. The maximum atomic E-state index is 10.7. The minimum atomic E-state index is -0.332. The lowest BCUT2D eigenvalue weighted by molar-refractivity contribution is 0.100. The third-order valence-corrected chi connectivity index (χ3v) is 2.84. The Bertz CT molecular complexity index is 265. The fraction of sp³-hybridized carbons (Fsp3) is 0.375. The molecule has 0 fully saturated rings. The summed E-state index contributed by atoms with van der Waals surface area (Å²) in [6.07, 6.45) is 0. The average Bonchev–Trinajstić information content (AvgIpc) is 2.33. The molecular weight excluding hydrogens is 158 g/mol. The Kier molecular flexibility index (Phi) is 2.29. The van der Waals surface area contributed by atoms with Gasteiger partial charge in [0.15, 0.2) is 0 Å². The summed E-state index contributed by atoms with van der Waals surface area (Å²) in [6.45, 7) is 4.19. The lowest BCUT2D eigenvalue weighted by atomic mass is 10.2. The molecule has 1 aromatic heterocycles. The molecule has 11 heavy (non-hydrogen) atoms. The van der Waals surface area contributed by atoms with E-state index in [1.807, 2.05) is 6.07 Å². The van der Waals surface area contributed by atoms with E-state index in [9.17, 15) is 4.79 Å². The van der Waals surface area contributed by atoms with Crippen LogP contribution in [0.4, 0.5) is 0 Å². The van der Waals surface area contributed by atoms with Gasteiger partial charge in [-0.15, -0.1) is 11.3 Å². The van der Waals surface area contributed by atoms with Crippen LogP contribution in [0.1, 0.15) is 34.3 Å². The first-order valence-corrected chi connectivity index (χ1v) is 4.32. The quantitative estimate of drug-likeness (QED) is 0.722. The monoisotopic (exact) mass is 169 g/mol. The molecule has 0 unspecified atom stereocenters. The van der Waals surface area contributed by atoms with Crippen LogP contribution in [0.25, 0.3) is 0 Å². The topological polar surface area (TPSA) is 43.1 Å². The van der Waals surface area contributed by atoms with E-state index < -0.39 is 0 Å². The van der Waals surface area contributed by atoms with E-state index in [4.69, 9.17) is 5.73 Å². The zero-order valence-electron chi connectivity index (χ0n) is 6.63. The van der Waals surface area contributed by atoms with E-state index in [0.717, 1.165) is 0 Å². The van der Waals surface area contributed by atoms with Gasteiger partial charge in [-0.2, -0.15) is 0 Å². The molecule has 0 spiro atoms. The van der Waals surface area contributed by atoms with Crippen LogP contribution in [0.2, 0.25) is 0 Å². The minimum Gasteiger partial charge on any atom is -0.365 e. The number of carbonyl (C=O) groups is 1. The highest BCUT2D eigenvalue weighted by molar-refractivity contribution is 7.14. The van der Waals surface area contributed by atoms with Crippen molar-refractivity contribution in [1.82, 2.24) is 0 Å². The number of hydrogen-bond acceptors (Lipinski definition) is 2. The number of amides is 1. The molecule has 0 saturated carbocycles. The largest absolute Gasteiger partial charge is 0.365 e. The number of carbonyl (C=O) groups excluding carboxylic acids is 1. The zero-order valence-corrected chi connectivity index (χ0v) is 7.44. The van der Waals surface area contributed by atoms with Gasteiger partial charge in [-0.25, -0.2) is 0 Å². The van der Waals surface area contributed by atoms with Crippen molar-refractivity contribution >= 4 is 17.2 Å². The Labute approximate surface area is 70.0 Å². The van der Waals surface area contributed by atoms with Gasteiger partial charge in [-0.05, 0) is 18.1 Å². The van der Waals surface area contributed by atoms with E-state index in [2.05, 4.69) is 13.8 Å². The number of hydrogen-bond donors (Lipinski definition) is 1. The molecule has 3 heteroatoms. The van der Waals surface area contributed by atoms with Crippen LogP contribution < -0.4 is 5.73 Å². The standard InChI is InChI=1S/C8H11NOS/c1-5(2)6-3-4-7(11-6)8(9)10/h3-5H,1-2H3,(H2,9,10). The number of primary amides is 1. The summed E-state index contributed by atoms with van der Waals surface area (Å²) < 4.78 is 0. The van der Waals surface area contributed by atoms with Crippen molar-refractivity contribution < 1.29 is 4.79 Å². The third-order valence-electron chi connectivity index (χ3n) is 1.44. The normalized spacial score (nSPS) is 10.5. The predicted molar refractivity (Wildman–Crippen MR) is 46.9 cm³/mol. The molecule has 0 aromatic carbocycles. The molecule has 1 amide bonds. The maximum Gasteiger partial charge on any atom is 0.258 e. The predicted octanol–water partition coefficient (Wildman–Crippen LogP) is 1.97. The Balaban J connectivity index is 2.90. The van der Waals surface area contributed by atoms with E-state index in [1.54, 1.807) is 6.07 Å². The molecule has 0 aliphatic carbocycles. The molecule has 1 rings (SSSR count). The van der Waals surface area contributed by atoms with Gasteiger partial charge in [-0.3, -0.25) is 4.79 Å². The van der Waals surface area contributed by atoms with Crippen LogP contribution in [-0.2, 0) is 0 Å². The van der Waals surface area contributed by atoms with Gasteiger partial charge in [-0.1, -0.05) is 13.8 Å². The van der Waals surface area contributed by atoms with E-state index in [-0.39, 0.29) is 5.91 Å². The van der Waals surface area contributed by atoms with Crippen molar-refractivity contribution in [3.63, 3.8) is 0 Å². The Morgan fingerprint density at radius 2 is 2.18 bits per heavy atom. The molecule has 2 N–H and O–H groups in total. The van der Waals surface area contributed by atoms with Crippen molar-refractivity contribution in [3.05, 3.63) is 21.9 Å². The van der Waals surface area contributed by atoms with Crippen molar-refractivity contribution in [2.45, 2.75) is 19.8 Å². The number of thiophene rings is 1. The van der Waals surface area contributed by atoms with Gasteiger partial charge in [0, 0.05) is 4.88 Å². The molecule has 0 atom stereocenters. The van der Waals surface area contributed by atoms with Crippen LogP contribution >= 0.6 is 11.3 Å². The van der Waals surface area contributed by atoms with E-state index >= 15 is 0 Å². The fourth-order valence-electron chi connectivity index (χ4n) is 0.796. The third kappa shape index (κ3) is 1.80. The molecule has 1 heterocycles. The van der Waals surface area contributed by atoms with Crippen molar-refractivity contribution in [1.29, 1.82) is 0 Å². The SMILES string of the molecule is CC(C)c1ccc(C(N)=O)s1. The maximum absolute atomic E-state index is 10.7. The Morgan fingerprint density at radius 1 is 1.55 bits per heavy atom. The number of nitrogens with two attached hydrogens (primary N) is 1. The van der Waals surface area contributed by atoms with Gasteiger partial charge in [0.25, 0.3) is 5.91 Å². The summed E-state index contributed by atoms with van der Waals surface area (Å²) >= 11 is 1.47. The van der Waals surface area contributed by atoms with Crippen LogP contribution in [-0.4, -0.2) is 5.91 Å². The van der Waals surface area contributed by atoms with Gasteiger partial charge < -0.3 is 5.73 Å². The molecule has 0 aliphatic rings. The molecule has 1 aromatic rings. The molecule has 2 nitrogen and oxygen atoms in total. The summed E-state index contributed by atoms with van der Waals surface area (Å²) in [5.74, 6) is 0.148. The van der Waals surface area contributed by atoms with Gasteiger partial charge in [0.1, 0.15) is 0 Å². The second kappa shape index (κ2) is 3.05. The first-order chi connectivity index (χ1) is 5.11. The second-order valence-corrected chi connectivity index (χ2v) is 3.84. The van der Waals surface area contributed by atoms with E-state index in [1.165, 1.54) is 16.2 Å². The van der Waals surface area contributed by atoms with Crippen LogP contribution in [0, 0.1) is 0 Å². The van der Waals surface area contributed by atoms with Crippen LogP contribution in [0.15, 0.2) is 12.1 Å². The molecule has 0 bridgehead atoms. The first kappa shape index (κ1) is 8.27. The number of rotatable bonds is 2. The molecule has 0 aliphatic heterocycles. The summed E-state index contributed by atoms with van der Waals surface area (Å²) in [6, 6.07) is 3.73. The summed E-state index contributed by atoms with van der Waals surface area (Å²) in [5.41, 5.74) is 5.10. The molecule has 0 radical (unpaired) electrons. The Hall–Kier alpha value is -0.830. The van der Waals surface area contributed by atoms with Gasteiger partial charge in [0.2, 0.25) is 0 Å². The van der Waals surface area contributed by atoms with Crippen molar-refractivity contribution in [2.75, 3.05) is 0 Å². The average molecular weight is 169 g/mol. The summed E-state index contributed by atoms with van der Waals surface area (Å²) in [4.78, 5) is 12.5. The zero-order chi connectivity index (χ0) is 8.43. The summed E-state index contributed by atoms with van der Waals surface area (Å²) in [7, 11) is 0. The lowest BCUT2D eigenvalue weighted by Crippen LogP contribution is -2.08. The van der Waals surface area contributed by atoms with Gasteiger partial charge >= 0.3 is 0 Å². The first-order valence-electron chi connectivity index (χ1n) is 3.51. The highest BCUT2D eigenvalue weighted by Crippen LogP contribution is 2.23. The smallest absolute Gasteiger partial charge is 0.258 e. The van der Waals surface area contributed by atoms with Crippen LogP contribution in [0.3, 0.4) is 0 Å². The lowest BCUT2D eigenvalue weighted by Gasteiger charge is -1.96. The fourth-order valence-corrected chi connectivity index (χ4v) is 1.66. The molecular formula is C8H11NOS. The van der Waals surface area contributed by atoms with Crippen LogP contribution in [0.5, 0.6) is 0 Å². The van der Waals surface area contributed by atoms with Gasteiger partial charge in [0.05, 0.1) is 4.88 Å². The summed E-state index contributed by atoms with van der Waals surface area (Å²) in [5, 5.41) is 0. The highest BCUT2D eigenvalue weighted by atomic mass is 32.1. The highest BCUT2D eigenvalue weighted by Gasteiger charge is 2.06. The van der Waals surface area contributed by atoms with Crippen molar-refractivity contribution in [3.8, 4) is 0 Å². The van der Waals surface area contributed by atoms with Crippen molar-refractivity contribution in [2.24, 2.45) is 5.73 Å².